The zero-order valence-electron chi connectivity index (χ0n) is 24.3. The van der Waals surface area contributed by atoms with Gasteiger partial charge in [0.15, 0.2) is 6.29 Å². The predicted octanol–water partition coefficient (Wildman–Crippen LogP) is 5.71. The first-order chi connectivity index (χ1) is 22.0. The van der Waals surface area contributed by atoms with Crippen molar-refractivity contribution in [3.05, 3.63) is 114 Å². The first-order valence-electron chi connectivity index (χ1n) is 14.7. The molecule has 224 valence electrons. The SMILES string of the molecule is Nc1ncccc1-c1cc2cnc(-c3ccc(F)cn3)cc2n1-c1ccc(CN2CCN(c3ccc(C=O)c(O)c3)CC2)cc1. The largest absolute Gasteiger partial charge is 0.507 e. The van der Waals surface area contributed by atoms with Gasteiger partial charge in [0.25, 0.3) is 0 Å². The fraction of sp³-hybridized carbons (Fsp3) is 0.143. The van der Waals surface area contributed by atoms with Gasteiger partial charge >= 0.3 is 0 Å². The van der Waals surface area contributed by atoms with E-state index in [2.05, 4.69) is 59.7 Å². The topological polar surface area (TPSA) is 113 Å². The molecule has 1 fully saturated rings. The van der Waals surface area contributed by atoms with Gasteiger partial charge in [-0.05, 0) is 66.2 Å². The van der Waals surface area contributed by atoms with Crippen molar-refractivity contribution in [2.75, 3.05) is 36.8 Å². The second-order valence-electron chi connectivity index (χ2n) is 11.1. The molecule has 9 nitrogen and oxygen atoms in total. The number of carbonyl (C=O) groups is 1. The Hall–Kier alpha value is -5.61. The first kappa shape index (κ1) is 28.2. The van der Waals surface area contributed by atoms with E-state index in [1.165, 1.54) is 17.8 Å². The average molecular weight is 600 g/mol. The van der Waals surface area contributed by atoms with Crippen LogP contribution in [0.1, 0.15) is 15.9 Å². The summed E-state index contributed by atoms with van der Waals surface area (Å²) in [7, 11) is 0. The summed E-state index contributed by atoms with van der Waals surface area (Å²) in [6.45, 7) is 4.20. The zero-order valence-corrected chi connectivity index (χ0v) is 24.3. The summed E-state index contributed by atoms with van der Waals surface area (Å²) in [6.07, 6.45) is 5.33. The third kappa shape index (κ3) is 5.59. The molecular weight excluding hydrogens is 569 g/mol. The number of nitrogens with two attached hydrogens (primary N) is 1. The van der Waals surface area contributed by atoms with Crippen LogP contribution in [0.15, 0.2) is 97.5 Å². The molecule has 0 unspecified atom stereocenters. The number of nitrogen functional groups attached to an aromatic ring is 1. The van der Waals surface area contributed by atoms with Crippen molar-refractivity contribution in [2.24, 2.45) is 0 Å². The highest BCUT2D eigenvalue weighted by molar-refractivity contribution is 5.92. The number of carbonyl (C=O) groups excluding carboxylic acids is 1. The minimum atomic E-state index is -0.398. The van der Waals surface area contributed by atoms with Gasteiger partial charge in [0.1, 0.15) is 17.4 Å². The van der Waals surface area contributed by atoms with E-state index in [1.54, 1.807) is 30.6 Å². The van der Waals surface area contributed by atoms with Gasteiger partial charge in [0.05, 0.1) is 34.4 Å². The number of piperazine rings is 1. The molecule has 1 saturated heterocycles. The van der Waals surface area contributed by atoms with Gasteiger partial charge in [-0.2, -0.15) is 0 Å². The summed E-state index contributed by atoms with van der Waals surface area (Å²) in [4.78, 5) is 28.8. The quantitative estimate of drug-likeness (QED) is 0.224. The van der Waals surface area contributed by atoms with Crippen LogP contribution >= 0.6 is 0 Å². The Balaban J connectivity index is 1.15. The van der Waals surface area contributed by atoms with Crippen molar-refractivity contribution >= 4 is 28.7 Å². The van der Waals surface area contributed by atoms with E-state index in [-0.39, 0.29) is 5.75 Å². The van der Waals surface area contributed by atoms with Gasteiger partial charge in [0, 0.05) is 73.5 Å². The fourth-order valence-electron chi connectivity index (χ4n) is 5.88. The average Bonchev–Trinajstić information content (AvgIpc) is 3.44. The van der Waals surface area contributed by atoms with E-state index in [0.29, 0.717) is 29.1 Å². The number of aromatic hydroxyl groups is 1. The molecule has 7 rings (SSSR count). The summed E-state index contributed by atoms with van der Waals surface area (Å²) in [5, 5.41) is 11.0. The van der Waals surface area contributed by atoms with E-state index in [1.807, 2.05) is 24.3 Å². The van der Waals surface area contributed by atoms with Crippen LogP contribution in [0, 0.1) is 5.82 Å². The number of halogens is 1. The van der Waals surface area contributed by atoms with E-state index in [9.17, 15) is 14.3 Å². The zero-order chi connectivity index (χ0) is 30.9. The number of aldehydes is 1. The van der Waals surface area contributed by atoms with E-state index < -0.39 is 5.82 Å². The maximum absolute atomic E-state index is 13.5. The highest BCUT2D eigenvalue weighted by Gasteiger charge is 2.20. The summed E-state index contributed by atoms with van der Waals surface area (Å²) in [5.41, 5.74) is 13.5. The highest BCUT2D eigenvalue weighted by Crippen LogP contribution is 2.35. The monoisotopic (exact) mass is 599 g/mol. The van der Waals surface area contributed by atoms with E-state index in [0.717, 1.165) is 66.3 Å². The molecule has 4 aromatic heterocycles. The van der Waals surface area contributed by atoms with Gasteiger partial charge < -0.3 is 20.3 Å². The van der Waals surface area contributed by atoms with Crippen molar-refractivity contribution in [1.29, 1.82) is 0 Å². The Bertz CT molecular complexity index is 2000. The van der Waals surface area contributed by atoms with Crippen LogP contribution < -0.4 is 10.6 Å². The molecule has 1 aliphatic heterocycles. The fourth-order valence-corrected chi connectivity index (χ4v) is 5.88. The molecule has 0 spiro atoms. The maximum Gasteiger partial charge on any atom is 0.153 e. The van der Waals surface area contributed by atoms with Crippen LogP contribution in [0.2, 0.25) is 0 Å². The van der Waals surface area contributed by atoms with Gasteiger partial charge in [-0.1, -0.05) is 12.1 Å². The van der Waals surface area contributed by atoms with Crippen molar-refractivity contribution in [3.8, 4) is 34.1 Å². The standard InChI is InChI=1S/C35H30FN7O2/c36-26-6-10-30(40-20-26)31-18-32-25(19-39-31)16-33(29-2-1-11-38-35(29)37)43(32)27-7-3-23(4-8-27)21-41-12-14-42(15-13-41)28-9-5-24(22-44)34(45)17-28/h1-11,16-20,22,45H,12-15,21H2,(H2,37,38). The van der Waals surface area contributed by atoms with Gasteiger partial charge in [-0.15, -0.1) is 0 Å². The lowest BCUT2D eigenvalue weighted by Gasteiger charge is -2.36. The second-order valence-corrected chi connectivity index (χ2v) is 11.1. The molecule has 0 atom stereocenters. The van der Waals surface area contributed by atoms with Crippen LogP contribution in [0.5, 0.6) is 5.75 Å². The highest BCUT2D eigenvalue weighted by atomic mass is 19.1. The molecular formula is C35H30FN7O2. The van der Waals surface area contributed by atoms with Crippen LogP contribution in [0.4, 0.5) is 15.9 Å². The summed E-state index contributed by atoms with van der Waals surface area (Å²) < 4.78 is 15.7. The van der Waals surface area contributed by atoms with Crippen LogP contribution in [-0.2, 0) is 6.54 Å². The minimum absolute atomic E-state index is 0.00877. The van der Waals surface area contributed by atoms with Gasteiger partial charge in [-0.25, -0.2) is 9.37 Å². The number of hydrogen-bond acceptors (Lipinski definition) is 8. The van der Waals surface area contributed by atoms with E-state index >= 15 is 0 Å². The van der Waals surface area contributed by atoms with Crippen LogP contribution in [0.3, 0.4) is 0 Å². The first-order valence-corrected chi connectivity index (χ1v) is 14.7. The Kier molecular flexibility index (Phi) is 7.40. The number of nitrogens with zero attached hydrogens (tertiary/aromatic N) is 6. The number of aromatic nitrogens is 4. The molecule has 0 radical (unpaired) electrons. The van der Waals surface area contributed by atoms with Gasteiger partial charge in [-0.3, -0.25) is 19.7 Å². The number of fused-ring (bicyclic) bond motifs is 1. The predicted molar refractivity (Wildman–Crippen MR) is 173 cm³/mol. The summed E-state index contributed by atoms with van der Waals surface area (Å²) in [6, 6.07) is 24.5. The molecule has 6 aromatic rings. The van der Waals surface area contributed by atoms with Crippen LogP contribution in [-0.4, -0.2) is 62.0 Å². The molecule has 0 bridgehead atoms. The molecule has 45 heavy (non-hydrogen) atoms. The van der Waals surface area contributed by atoms with Gasteiger partial charge in [0.2, 0.25) is 0 Å². The Morgan fingerprint density at radius 3 is 2.33 bits per heavy atom. The molecule has 5 heterocycles. The molecule has 0 amide bonds. The minimum Gasteiger partial charge on any atom is -0.507 e. The lowest BCUT2D eigenvalue weighted by atomic mass is 10.1. The van der Waals surface area contributed by atoms with Crippen molar-refractivity contribution < 1.29 is 14.3 Å². The lowest BCUT2D eigenvalue weighted by Crippen LogP contribution is -2.45. The molecule has 0 aliphatic carbocycles. The smallest absolute Gasteiger partial charge is 0.153 e. The maximum atomic E-state index is 13.5. The Labute approximate surface area is 259 Å². The number of benzene rings is 2. The number of pyridine rings is 3. The van der Waals surface area contributed by atoms with Crippen molar-refractivity contribution in [3.63, 3.8) is 0 Å². The molecule has 1 aliphatic rings. The Morgan fingerprint density at radius 1 is 0.844 bits per heavy atom. The summed E-state index contributed by atoms with van der Waals surface area (Å²) in [5.74, 6) is 0.0419. The molecule has 0 saturated carbocycles. The third-order valence-corrected chi connectivity index (χ3v) is 8.27. The molecule has 3 N–H and O–H groups in total. The van der Waals surface area contributed by atoms with Crippen molar-refractivity contribution in [1.82, 2.24) is 24.4 Å². The summed E-state index contributed by atoms with van der Waals surface area (Å²) >= 11 is 0. The number of phenols is 1. The normalized spacial score (nSPS) is 13.8. The second kappa shape index (κ2) is 11.8. The van der Waals surface area contributed by atoms with Crippen molar-refractivity contribution in [2.45, 2.75) is 6.54 Å². The number of rotatable bonds is 7. The Morgan fingerprint density at radius 2 is 1.62 bits per heavy atom. The third-order valence-electron chi connectivity index (χ3n) is 8.27. The molecule has 10 heteroatoms. The number of anilines is 2. The van der Waals surface area contributed by atoms with Crippen LogP contribution in [0.25, 0.3) is 39.2 Å². The number of phenolic OH excluding ortho intramolecular Hbond substituents is 1. The lowest BCUT2D eigenvalue weighted by molar-refractivity contribution is 0.112. The van der Waals surface area contributed by atoms with E-state index in [4.69, 9.17) is 5.73 Å². The number of hydrogen-bond donors (Lipinski definition) is 2. The molecule has 2 aromatic carbocycles.